The summed E-state index contributed by atoms with van der Waals surface area (Å²) in [6.07, 6.45) is 2.62. The Bertz CT molecular complexity index is 180. The largest absolute Gasteiger partial charge is 0.366 e. The molecular weight excluding hydrogens is 126 g/mol. The maximum absolute atomic E-state index is 5.54. The van der Waals surface area contributed by atoms with Crippen LogP contribution in [0.5, 0.6) is 0 Å². The summed E-state index contributed by atoms with van der Waals surface area (Å²) >= 11 is 0. The molecule has 3 aliphatic heterocycles. The van der Waals surface area contributed by atoms with Crippen LogP contribution in [0.1, 0.15) is 13.3 Å². The molecule has 3 rings (SSSR count). The van der Waals surface area contributed by atoms with E-state index in [1.165, 1.54) is 6.42 Å². The fourth-order valence-electron chi connectivity index (χ4n) is 2.95. The van der Waals surface area contributed by atoms with Gasteiger partial charge in [-0.2, -0.15) is 0 Å². The molecule has 0 spiro atoms. The number of nitrogens with zero attached hydrogens (tertiary/aromatic N) is 1. The molecule has 2 nitrogen and oxygen atoms in total. The van der Waals surface area contributed by atoms with Crippen LogP contribution in [0.15, 0.2) is 0 Å². The minimum Gasteiger partial charge on any atom is -0.366 e. The Kier molecular flexibility index (Phi) is 0.783. The zero-order chi connectivity index (χ0) is 6.88. The average molecular weight is 139 g/mol. The van der Waals surface area contributed by atoms with Crippen LogP contribution in [0.3, 0.4) is 0 Å². The highest BCUT2D eigenvalue weighted by atomic mass is 16.6. The molecule has 3 saturated heterocycles. The number of fused-ring (bicyclic) bond motifs is 5. The summed E-state index contributed by atoms with van der Waals surface area (Å²) in [6, 6.07) is 1.53. The van der Waals surface area contributed by atoms with Gasteiger partial charge in [0.05, 0.1) is 0 Å². The summed E-state index contributed by atoms with van der Waals surface area (Å²) in [5.41, 5.74) is 0. The van der Waals surface area contributed by atoms with E-state index in [9.17, 15) is 0 Å². The van der Waals surface area contributed by atoms with Gasteiger partial charge in [0.2, 0.25) is 0 Å². The summed E-state index contributed by atoms with van der Waals surface area (Å²) in [4.78, 5) is 2.52. The predicted octanol–water partition coefficient (Wildman–Crippen LogP) is 0.476. The molecule has 56 valence electrons. The van der Waals surface area contributed by atoms with Crippen molar-refractivity contribution in [3.05, 3.63) is 0 Å². The van der Waals surface area contributed by atoms with Crippen LogP contribution in [0.2, 0.25) is 0 Å². The highest BCUT2D eigenvalue weighted by molar-refractivity contribution is 5.16. The molecule has 3 fully saturated rings. The molecule has 3 aliphatic rings. The van der Waals surface area contributed by atoms with Crippen molar-refractivity contribution in [2.45, 2.75) is 37.6 Å². The third-order valence-electron chi connectivity index (χ3n) is 3.47. The lowest BCUT2D eigenvalue weighted by Crippen LogP contribution is -2.31. The molecule has 5 unspecified atom stereocenters. The second-order valence-electron chi connectivity index (χ2n) is 4.00. The van der Waals surface area contributed by atoms with Gasteiger partial charge >= 0.3 is 0 Å². The molecule has 10 heavy (non-hydrogen) atoms. The van der Waals surface area contributed by atoms with E-state index in [0.29, 0.717) is 12.2 Å². The van der Waals surface area contributed by atoms with E-state index in [2.05, 4.69) is 18.9 Å². The second kappa shape index (κ2) is 1.41. The van der Waals surface area contributed by atoms with Gasteiger partial charge < -0.3 is 4.74 Å². The molecule has 2 bridgehead atoms. The van der Waals surface area contributed by atoms with Gasteiger partial charge in [-0.3, -0.25) is 4.90 Å². The molecule has 0 radical (unpaired) electrons. The molecule has 0 aliphatic carbocycles. The lowest BCUT2D eigenvalue weighted by atomic mass is 9.91. The number of morpholine rings is 1. The first-order chi connectivity index (χ1) is 4.79. The Balaban J connectivity index is 1.98. The van der Waals surface area contributed by atoms with E-state index in [4.69, 9.17) is 4.74 Å². The first-order valence-corrected chi connectivity index (χ1v) is 4.16. The van der Waals surface area contributed by atoms with Crippen LogP contribution in [0.4, 0.5) is 0 Å². The Hall–Kier alpha value is -0.0800. The van der Waals surface area contributed by atoms with Crippen molar-refractivity contribution in [2.75, 3.05) is 7.05 Å². The number of hydrogen-bond donors (Lipinski definition) is 0. The van der Waals surface area contributed by atoms with Gasteiger partial charge in [0.15, 0.2) is 0 Å². The van der Waals surface area contributed by atoms with Crippen LogP contribution in [0.25, 0.3) is 0 Å². The number of rotatable bonds is 0. The molecule has 0 aromatic heterocycles. The zero-order valence-electron chi connectivity index (χ0n) is 6.45. The fraction of sp³-hybridized carbons (Fsp3) is 1.00. The summed E-state index contributed by atoms with van der Waals surface area (Å²) in [6.45, 7) is 2.35. The minimum absolute atomic E-state index is 0.624. The SMILES string of the molecule is CC1CC2C3OC3C1N2C. The molecule has 0 saturated carbocycles. The average Bonchev–Trinajstić information content (AvgIpc) is 2.55. The Morgan fingerprint density at radius 2 is 2.20 bits per heavy atom. The first kappa shape index (κ1) is 5.56. The second-order valence-corrected chi connectivity index (χ2v) is 4.00. The summed E-state index contributed by atoms with van der Waals surface area (Å²) in [5.74, 6) is 0.874. The van der Waals surface area contributed by atoms with E-state index in [1.807, 2.05) is 0 Å². The van der Waals surface area contributed by atoms with Gasteiger partial charge in [-0.25, -0.2) is 0 Å². The van der Waals surface area contributed by atoms with Gasteiger partial charge in [-0.15, -0.1) is 0 Å². The maximum atomic E-state index is 5.54. The lowest BCUT2D eigenvalue weighted by molar-refractivity contribution is 0.156. The smallest absolute Gasteiger partial charge is 0.101 e. The van der Waals surface area contributed by atoms with Crippen LogP contribution < -0.4 is 0 Å². The van der Waals surface area contributed by atoms with Crippen LogP contribution in [-0.2, 0) is 4.74 Å². The monoisotopic (exact) mass is 139 g/mol. The standard InChI is InChI=1S/C8H13NO/c1-4-3-5-7-8(10-7)6(4)9(5)2/h4-8H,3H2,1-2H3. The minimum atomic E-state index is 0.624. The van der Waals surface area contributed by atoms with Crippen molar-refractivity contribution in [3.8, 4) is 0 Å². The van der Waals surface area contributed by atoms with Crippen molar-refractivity contribution < 1.29 is 4.74 Å². The number of hydrogen-bond acceptors (Lipinski definition) is 2. The zero-order valence-corrected chi connectivity index (χ0v) is 6.45. The lowest BCUT2D eigenvalue weighted by Gasteiger charge is -2.18. The Morgan fingerprint density at radius 1 is 1.40 bits per heavy atom. The highest BCUT2D eigenvalue weighted by Crippen LogP contribution is 2.51. The molecule has 0 N–H and O–H groups in total. The van der Waals surface area contributed by atoms with Gasteiger partial charge in [0.25, 0.3) is 0 Å². The van der Waals surface area contributed by atoms with Crippen molar-refractivity contribution in [2.24, 2.45) is 5.92 Å². The summed E-state index contributed by atoms with van der Waals surface area (Å²) in [5, 5.41) is 0. The molecule has 0 amide bonds. The fourth-order valence-corrected chi connectivity index (χ4v) is 2.95. The topological polar surface area (TPSA) is 15.8 Å². The van der Waals surface area contributed by atoms with E-state index in [1.54, 1.807) is 0 Å². The van der Waals surface area contributed by atoms with Crippen LogP contribution in [0, 0.1) is 5.92 Å². The molecule has 0 aromatic carbocycles. The highest BCUT2D eigenvalue weighted by Gasteiger charge is 2.65. The normalized spacial score (nSPS) is 64.8. The molecule has 0 aromatic rings. The third kappa shape index (κ3) is 0.424. The van der Waals surface area contributed by atoms with Crippen molar-refractivity contribution >= 4 is 0 Å². The number of likely N-dealkylation sites (N-methyl/N-ethyl adjacent to an activating group) is 1. The molecular formula is C8H13NO. The van der Waals surface area contributed by atoms with Gasteiger partial charge in [0.1, 0.15) is 12.2 Å². The van der Waals surface area contributed by atoms with Crippen molar-refractivity contribution in [1.82, 2.24) is 4.90 Å². The quantitative estimate of drug-likeness (QED) is 0.454. The van der Waals surface area contributed by atoms with Crippen molar-refractivity contribution in [1.29, 1.82) is 0 Å². The first-order valence-electron chi connectivity index (χ1n) is 4.16. The molecule has 2 heteroatoms. The summed E-state index contributed by atoms with van der Waals surface area (Å²) in [7, 11) is 2.24. The van der Waals surface area contributed by atoms with Gasteiger partial charge in [0, 0.05) is 12.1 Å². The van der Waals surface area contributed by atoms with E-state index >= 15 is 0 Å². The summed E-state index contributed by atoms with van der Waals surface area (Å²) < 4.78 is 5.54. The Labute approximate surface area is 61.1 Å². The van der Waals surface area contributed by atoms with E-state index < -0.39 is 0 Å². The maximum Gasteiger partial charge on any atom is 0.101 e. The Morgan fingerprint density at radius 3 is 2.70 bits per heavy atom. The van der Waals surface area contributed by atoms with E-state index in [-0.39, 0.29) is 0 Å². The van der Waals surface area contributed by atoms with Crippen molar-refractivity contribution in [3.63, 3.8) is 0 Å². The predicted molar refractivity (Wildman–Crippen MR) is 37.8 cm³/mol. The third-order valence-corrected chi connectivity index (χ3v) is 3.47. The number of epoxide rings is 1. The molecule has 5 atom stereocenters. The van der Waals surface area contributed by atoms with Gasteiger partial charge in [-0.05, 0) is 19.4 Å². The number of ether oxygens (including phenoxy) is 1. The molecule has 3 heterocycles. The van der Waals surface area contributed by atoms with E-state index in [0.717, 1.165) is 18.0 Å². The van der Waals surface area contributed by atoms with Gasteiger partial charge in [-0.1, -0.05) is 6.92 Å². The van der Waals surface area contributed by atoms with Crippen LogP contribution in [-0.4, -0.2) is 36.2 Å². The van der Waals surface area contributed by atoms with Crippen LogP contribution >= 0.6 is 0 Å².